The molecule has 0 N–H and O–H groups in total. The summed E-state index contributed by atoms with van der Waals surface area (Å²) in [5.74, 6) is 0.120. The molecule has 0 spiro atoms. The van der Waals surface area contributed by atoms with Gasteiger partial charge in [0.25, 0.3) is 0 Å². The summed E-state index contributed by atoms with van der Waals surface area (Å²) in [6.45, 7) is 5.70. The highest BCUT2D eigenvalue weighted by atomic mass is 16.5. The van der Waals surface area contributed by atoms with E-state index in [2.05, 4.69) is 6.58 Å². The van der Waals surface area contributed by atoms with Crippen molar-refractivity contribution in [1.82, 2.24) is 0 Å². The molecule has 14 heavy (non-hydrogen) atoms. The van der Waals surface area contributed by atoms with Crippen molar-refractivity contribution in [1.29, 1.82) is 0 Å². The molecule has 3 atom stereocenters. The fraction of sp³-hybridized carbons (Fsp3) is 0.727. The topological polar surface area (TPSA) is 35.5 Å². The van der Waals surface area contributed by atoms with Crippen LogP contribution in [-0.2, 0) is 14.3 Å². The van der Waals surface area contributed by atoms with E-state index in [1.807, 2.05) is 0 Å². The van der Waals surface area contributed by atoms with E-state index in [-0.39, 0.29) is 5.97 Å². The molecule has 0 aromatic heterocycles. The first-order chi connectivity index (χ1) is 6.66. The first-order valence-corrected chi connectivity index (χ1v) is 5.15. The molecule has 2 bridgehead atoms. The Bertz CT molecular complexity index is 251. The van der Waals surface area contributed by atoms with E-state index in [0.717, 1.165) is 19.3 Å². The Kier molecular flexibility index (Phi) is 2.59. The molecular formula is C11H16O3. The minimum atomic E-state index is -0.286. The van der Waals surface area contributed by atoms with Gasteiger partial charge in [-0.25, -0.2) is 4.79 Å². The van der Waals surface area contributed by atoms with Crippen LogP contribution in [0.15, 0.2) is 12.2 Å². The van der Waals surface area contributed by atoms with Crippen LogP contribution in [0.2, 0.25) is 0 Å². The Labute approximate surface area is 84.1 Å². The van der Waals surface area contributed by atoms with Crippen molar-refractivity contribution in [3.8, 4) is 0 Å². The number of hydrogen-bond acceptors (Lipinski definition) is 3. The van der Waals surface area contributed by atoms with Gasteiger partial charge in [-0.2, -0.15) is 0 Å². The van der Waals surface area contributed by atoms with Crippen molar-refractivity contribution in [3.05, 3.63) is 12.2 Å². The summed E-state index contributed by atoms with van der Waals surface area (Å²) in [5.41, 5.74) is 0.466. The Morgan fingerprint density at radius 3 is 2.79 bits per heavy atom. The van der Waals surface area contributed by atoms with Gasteiger partial charge in [0.05, 0.1) is 18.8 Å². The van der Waals surface area contributed by atoms with E-state index in [1.165, 1.54) is 0 Å². The highest BCUT2D eigenvalue weighted by Crippen LogP contribution is 2.38. The van der Waals surface area contributed by atoms with Crippen LogP contribution in [-0.4, -0.2) is 24.8 Å². The van der Waals surface area contributed by atoms with Crippen LogP contribution in [0.4, 0.5) is 0 Å². The van der Waals surface area contributed by atoms with E-state index in [0.29, 0.717) is 30.3 Å². The molecule has 3 fully saturated rings. The average Bonchev–Trinajstić information content (AvgIpc) is 2.13. The zero-order valence-electron chi connectivity index (χ0n) is 8.49. The number of hydrogen-bond donors (Lipinski definition) is 0. The van der Waals surface area contributed by atoms with Crippen molar-refractivity contribution in [2.45, 2.75) is 38.4 Å². The molecule has 1 saturated carbocycles. The molecular weight excluding hydrogens is 180 g/mol. The highest BCUT2D eigenvalue weighted by molar-refractivity contribution is 5.86. The molecule has 2 heterocycles. The van der Waals surface area contributed by atoms with Crippen LogP contribution in [0.5, 0.6) is 0 Å². The molecule has 3 aliphatic rings. The van der Waals surface area contributed by atoms with Gasteiger partial charge in [-0.3, -0.25) is 0 Å². The van der Waals surface area contributed by atoms with Crippen molar-refractivity contribution < 1.29 is 14.3 Å². The predicted molar refractivity (Wildman–Crippen MR) is 51.8 cm³/mol. The molecule has 3 rings (SSSR count). The highest BCUT2D eigenvalue weighted by Gasteiger charge is 2.41. The Morgan fingerprint density at radius 2 is 2.29 bits per heavy atom. The fourth-order valence-electron chi connectivity index (χ4n) is 2.07. The number of esters is 1. The van der Waals surface area contributed by atoms with E-state index < -0.39 is 0 Å². The molecule has 0 aromatic carbocycles. The summed E-state index contributed by atoms with van der Waals surface area (Å²) >= 11 is 0. The molecule has 1 aliphatic carbocycles. The third kappa shape index (κ3) is 1.82. The molecule has 3 nitrogen and oxygen atoms in total. The maximum atomic E-state index is 11.1. The van der Waals surface area contributed by atoms with Gasteiger partial charge < -0.3 is 9.47 Å². The lowest BCUT2D eigenvalue weighted by Gasteiger charge is -2.46. The number of rotatable bonds is 3. The fourth-order valence-corrected chi connectivity index (χ4v) is 2.07. The second-order valence-electron chi connectivity index (χ2n) is 4.25. The SMILES string of the molecule is C=C(C)C(=O)OCC1CCC2CC1O2. The Balaban J connectivity index is 1.75. The maximum absolute atomic E-state index is 11.1. The first kappa shape index (κ1) is 9.71. The Morgan fingerprint density at radius 1 is 1.57 bits per heavy atom. The van der Waals surface area contributed by atoms with Crippen molar-refractivity contribution in [2.75, 3.05) is 6.61 Å². The van der Waals surface area contributed by atoms with E-state index in [1.54, 1.807) is 6.92 Å². The Hall–Kier alpha value is -0.830. The van der Waals surface area contributed by atoms with Crippen molar-refractivity contribution >= 4 is 5.97 Å². The van der Waals surface area contributed by atoms with Crippen LogP contribution in [0, 0.1) is 5.92 Å². The van der Waals surface area contributed by atoms with Crippen LogP contribution >= 0.6 is 0 Å². The van der Waals surface area contributed by atoms with Crippen molar-refractivity contribution in [3.63, 3.8) is 0 Å². The smallest absolute Gasteiger partial charge is 0.333 e. The van der Waals surface area contributed by atoms with Crippen LogP contribution in [0.1, 0.15) is 26.2 Å². The second-order valence-corrected chi connectivity index (χ2v) is 4.25. The number of fused-ring (bicyclic) bond motifs is 2. The molecule has 3 unspecified atom stereocenters. The third-order valence-electron chi connectivity index (χ3n) is 3.02. The zero-order valence-corrected chi connectivity index (χ0v) is 8.49. The molecule has 3 heteroatoms. The maximum Gasteiger partial charge on any atom is 0.333 e. The summed E-state index contributed by atoms with van der Waals surface area (Å²) < 4.78 is 10.7. The zero-order chi connectivity index (χ0) is 10.1. The lowest BCUT2D eigenvalue weighted by Crippen LogP contribution is -2.49. The molecule has 0 radical (unpaired) electrons. The van der Waals surface area contributed by atoms with Gasteiger partial charge in [0, 0.05) is 17.9 Å². The first-order valence-electron chi connectivity index (χ1n) is 5.15. The van der Waals surface area contributed by atoms with Gasteiger partial charge in [0.15, 0.2) is 0 Å². The monoisotopic (exact) mass is 196 g/mol. The van der Waals surface area contributed by atoms with Crippen molar-refractivity contribution in [2.24, 2.45) is 5.92 Å². The van der Waals surface area contributed by atoms with Gasteiger partial charge in [-0.1, -0.05) is 6.58 Å². The van der Waals surface area contributed by atoms with Gasteiger partial charge >= 0.3 is 5.97 Å². The van der Waals surface area contributed by atoms with E-state index >= 15 is 0 Å². The lowest BCUT2D eigenvalue weighted by atomic mass is 9.80. The lowest BCUT2D eigenvalue weighted by molar-refractivity contribution is -0.195. The van der Waals surface area contributed by atoms with Crippen LogP contribution in [0.25, 0.3) is 0 Å². The van der Waals surface area contributed by atoms with Gasteiger partial charge in [-0.05, 0) is 19.8 Å². The molecule has 78 valence electrons. The summed E-state index contributed by atoms with van der Waals surface area (Å²) in [4.78, 5) is 11.1. The molecule has 0 amide bonds. The summed E-state index contributed by atoms with van der Waals surface area (Å²) in [7, 11) is 0. The third-order valence-corrected chi connectivity index (χ3v) is 3.02. The van der Waals surface area contributed by atoms with Gasteiger partial charge in [-0.15, -0.1) is 0 Å². The van der Waals surface area contributed by atoms with Crippen LogP contribution in [0.3, 0.4) is 0 Å². The summed E-state index contributed by atoms with van der Waals surface area (Å²) in [6.07, 6.45) is 4.22. The van der Waals surface area contributed by atoms with Crippen LogP contribution < -0.4 is 0 Å². The minimum Gasteiger partial charge on any atom is -0.462 e. The van der Waals surface area contributed by atoms with Gasteiger partial charge in [0.2, 0.25) is 0 Å². The van der Waals surface area contributed by atoms with E-state index in [9.17, 15) is 4.79 Å². The normalized spacial score (nSPS) is 34.5. The minimum absolute atomic E-state index is 0.286. The second kappa shape index (κ2) is 3.73. The number of ether oxygens (including phenoxy) is 2. The van der Waals surface area contributed by atoms with Gasteiger partial charge in [0.1, 0.15) is 0 Å². The summed E-state index contributed by atoms with van der Waals surface area (Å²) in [6, 6.07) is 0. The van der Waals surface area contributed by atoms with E-state index in [4.69, 9.17) is 9.47 Å². The predicted octanol–water partition coefficient (Wildman–Crippen LogP) is 1.67. The molecule has 0 aromatic rings. The quantitative estimate of drug-likeness (QED) is 0.509. The largest absolute Gasteiger partial charge is 0.462 e. The number of carbonyl (C=O) groups excluding carboxylic acids is 1. The average molecular weight is 196 g/mol. The number of carbonyl (C=O) groups is 1. The molecule has 2 saturated heterocycles. The summed E-state index contributed by atoms with van der Waals surface area (Å²) in [5, 5.41) is 0. The molecule has 2 aliphatic heterocycles. The standard InChI is InChI=1S/C11H16O3/c1-7(2)11(12)13-6-8-3-4-9-5-10(8)14-9/h8-10H,1,3-6H2,2H3.